The molecule has 3 heteroatoms. The highest BCUT2D eigenvalue weighted by molar-refractivity contribution is 6.88. The van der Waals surface area contributed by atoms with Crippen LogP contribution in [0.25, 0.3) is 0 Å². The molecule has 2 nitrogen and oxygen atoms in total. The van der Waals surface area contributed by atoms with Gasteiger partial charge in [-0.2, -0.15) is 0 Å². The molecule has 0 aliphatic heterocycles. The van der Waals surface area contributed by atoms with Gasteiger partial charge < -0.3 is 9.52 Å². The van der Waals surface area contributed by atoms with Crippen molar-refractivity contribution in [3.8, 4) is 5.75 Å². The molecule has 0 amide bonds. The fourth-order valence-corrected chi connectivity index (χ4v) is 5.11. The normalized spacial score (nSPS) is 12.3. The Morgan fingerprint density at radius 3 is 2.04 bits per heavy atom. The molecule has 1 heterocycles. The van der Waals surface area contributed by atoms with Gasteiger partial charge in [0.25, 0.3) is 0 Å². The van der Waals surface area contributed by atoms with Gasteiger partial charge in [0.2, 0.25) is 0 Å². The minimum atomic E-state index is -1.54. The molecule has 126 valence electrons. The highest BCUT2D eigenvalue weighted by Gasteiger charge is 2.26. The predicted molar refractivity (Wildman–Crippen MR) is 101 cm³/mol. The number of rotatable bonds is 6. The number of hydrogen-bond donors (Lipinski definition) is 1. The van der Waals surface area contributed by atoms with E-state index in [-0.39, 0.29) is 0 Å². The summed E-state index contributed by atoms with van der Waals surface area (Å²) in [6.07, 6.45) is 2.82. The van der Waals surface area contributed by atoms with Gasteiger partial charge in [-0.3, -0.25) is 0 Å². The Kier molecular flexibility index (Phi) is 5.40. The zero-order valence-electron chi connectivity index (χ0n) is 15.3. The second kappa shape index (κ2) is 6.96. The Bertz CT molecular complexity index is 611. The summed E-state index contributed by atoms with van der Waals surface area (Å²) < 4.78 is 5.65. The van der Waals surface area contributed by atoms with Crippen LogP contribution in [-0.2, 0) is 6.42 Å². The van der Waals surface area contributed by atoms with Gasteiger partial charge in [-0.05, 0) is 53.1 Å². The molecule has 0 bridgehead atoms. The Hall–Kier alpha value is -1.48. The average Bonchev–Trinajstić information content (AvgIpc) is 3.00. The van der Waals surface area contributed by atoms with Crippen molar-refractivity contribution in [2.75, 3.05) is 0 Å². The monoisotopic (exact) mass is 330 g/mol. The Morgan fingerprint density at radius 1 is 1.04 bits per heavy atom. The van der Waals surface area contributed by atoms with E-state index in [2.05, 4.69) is 59.0 Å². The van der Waals surface area contributed by atoms with E-state index in [0.29, 0.717) is 17.6 Å². The Labute approximate surface area is 141 Å². The lowest BCUT2D eigenvalue weighted by Gasteiger charge is -2.21. The molecular formula is C20H30O2Si. The second-order valence-corrected chi connectivity index (χ2v) is 12.6. The van der Waals surface area contributed by atoms with Crippen LogP contribution in [0.2, 0.25) is 19.1 Å². The molecule has 1 N–H and O–H groups in total. The van der Waals surface area contributed by atoms with Crippen molar-refractivity contribution in [1.82, 2.24) is 0 Å². The first kappa shape index (κ1) is 17.9. The lowest BCUT2D eigenvalue weighted by Crippen LogP contribution is -2.40. The summed E-state index contributed by atoms with van der Waals surface area (Å²) in [5.74, 6) is 1.16. The van der Waals surface area contributed by atoms with E-state index >= 15 is 0 Å². The number of hydrogen-bond acceptors (Lipinski definition) is 2. The molecule has 0 saturated carbocycles. The smallest absolute Gasteiger partial charge is 0.126 e. The van der Waals surface area contributed by atoms with Crippen molar-refractivity contribution >= 4 is 13.5 Å². The van der Waals surface area contributed by atoms with E-state index in [9.17, 15) is 5.11 Å². The largest absolute Gasteiger partial charge is 0.507 e. The van der Waals surface area contributed by atoms with Gasteiger partial charge in [0.05, 0.1) is 11.6 Å². The Morgan fingerprint density at radius 2 is 1.61 bits per heavy atom. The minimum absolute atomic E-state index is 0.336. The quantitative estimate of drug-likeness (QED) is 0.720. The maximum absolute atomic E-state index is 10.5. The van der Waals surface area contributed by atoms with Crippen LogP contribution in [0.15, 0.2) is 34.9 Å². The minimum Gasteiger partial charge on any atom is -0.507 e. The van der Waals surface area contributed by atoms with E-state index in [1.807, 2.05) is 6.07 Å². The highest BCUT2D eigenvalue weighted by atomic mass is 28.3. The maximum atomic E-state index is 10.5. The molecule has 23 heavy (non-hydrogen) atoms. The molecule has 0 aliphatic carbocycles. The van der Waals surface area contributed by atoms with Crippen molar-refractivity contribution in [3.05, 3.63) is 47.2 Å². The van der Waals surface area contributed by atoms with Crippen LogP contribution < -0.4 is 5.38 Å². The molecule has 0 atom stereocenters. The maximum Gasteiger partial charge on any atom is 0.126 e. The summed E-state index contributed by atoms with van der Waals surface area (Å²) in [5.41, 5.74) is 3.48. The molecule has 0 unspecified atom stereocenters. The third-order valence-electron chi connectivity index (χ3n) is 4.70. The van der Waals surface area contributed by atoms with Crippen LogP contribution in [0.1, 0.15) is 56.2 Å². The molecule has 0 spiro atoms. The third kappa shape index (κ3) is 4.08. The number of aromatic hydroxyl groups is 1. The fourth-order valence-electron chi connectivity index (χ4n) is 3.01. The zero-order valence-corrected chi connectivity index (χ0v) is 16.3. The summed E-state index contributed by atoms with van der Waals surface area (Å²) in [6.45, 7) is 13.3. The summed E-state index contributed by atoms with van der Waals surface area (Å²) in [6, 6.07) is 9.64. The number of phenols is 1. The SMILES string of the molecule is CC(C)c1cc(CC[Si](C)(C)c2ccco2)cc(C(C)C)c1O. The molecule has 1 aromatic carbocycles. The summed E-state index contributed by atoms with van der Waals surface area (Å²) in [7, 11) is -1.54. The van der Waals surface area contributed by atoms with E-state index in [1.54, 1.807) is 6.26 Å². The number of furan rings is 1. The molecule has 0 saturated heterocycles. The number of phenolic OH excluding ortho intramolecular Hbond substituents is 1. The molecule has 1 aromatic heterocycles. The van der Waals surface area contributed by atoms with Crippen LogP contribution in [0.4, 0.5) is 0 Å². The van der Waals surface area contributed by atoms with Crippen molar-refractivity contribution in [2.24, 2.45) is 0 Å². The molecule has 0 fully saturated rings. The molecule has 0 aliphatic rings. The zero-order chi connectivity index (χ0) is 17.2. The molecule has 2 aromatic rings. The van der Waals surface area contributed by atoms with Gasteiger partial charge in [-0.25, -0.2) is 0 Å². The molecule has 2 rings (SSSR count). The van der Waals surface area contributed by atoms with Crippen LogP contribution in [-0.4, -0.2) is 13.2 Å². The second-order valence-electron chi connectivity index (χ2n) is 7.79. The third-order valence-corrected chi connectivity index (χ3v) is 7.82. The standard InChI is InChI=1S/C20H30O2Si/c1-14(2)17-12-16(13-18(15(3)4)20(17)21)9-11-23(5,6)19-8-7-10-22-19/h7-8,10,12-15,21H,9,11H2,1-6H3. The van der Waals surface area contributed by atoms with Crippen LogP contribution in [0.5, 0.6) is 5.75 Å². The van der Waals surface area contributed by atoms with E-state index < -0.39 is 8.07 Å². The fraction of sp³-hybridized carbons (Fsp3) is 0.500. The van der Waals surface area contributed by atoms with Crippen molar-refractivity contribution in [1.29, 1.82) is 0 Å². The molecular weight excluding hydrogens is 300 g/mol. The van der Waals surface area contributed by atoms with Gasteiger partial charge in [-0.15, -0.1) is 0 Å². The van der Waals surface area contributed by atoms with Gasteiger partial charge in [0.15, 0.2) is 0 Å². The summed E-state index contributed by atoms with van der Waals surface area (Å²) in [5, 5.41) is 11.7. The first-order valence-corrected chi connectivity index (χ1v) is 11.8. The number of aryl methyl sites for hydroxylation is 1. The van der Waals surface area contributed by atoms with Crippen LogP contribution in [0, 0.1) is 0 Å². The lowest BCUT2D eigenvalue weighted by molar-refractivity contribution is 0.454. The molecule has 0 radical (unpaired) electrons. The van der Waals surface area contributed by atoms with E-state index in [4.69, 9.17) is 4.42 Å². The van der Waals surface area contributed by atoms with Gasteiger partial charge in [0, 0.05) is 0 Å². The highest BCUT2D eigenvalue weighted by Crippen LogP contribution is 2.35. The van der Waals surface area contributed by atoms with Gasteiger partial charge in [-0.1, -0.05) is 52.9 Å². The first-order chi connectivity index (χ1) is 10.7. The van der Waals surface area contributed by atoms with E-state index in [0.717, 1.165) is 23.6 Å². The summed E-state index contributed by atoms with van der Waals surface area (Å²) in [4.78, 5) is 0. The summed E-state index contributed by atoms with van der Waals surface area (Å²) >= 11 is 0. The van der Waals surface area contributed by atoms with Crippen LogP contribution in [0.3, 0.4) is 0 Å². The topological polar surface area (TPSA) is 33.4 Å². The lowest BCUT2D eigenvalue weighted by atomic mass is 9.91. The number of benzene rings is 1. The van der Waals surface area contributed by atoms with Crippen LogP contribution >= 0.6 is 0 Å². The average molecular weight is 331 g/mol. The predicted octanol–water partition coefficient (Wildman–Crippen LogP) is 5.39. The van der Waals surface area contributed by atoms with Crippen molar-refractivity contribution < 1.29 is 9.52 Å². The van der Waals surface area contributed by atoms with E-state index in [1.165, 1.54) is 10.9 Å². The van der Waals surface area contributed by atoms with Crippen molar-refractivity contribution in [3.63, 3.8) is 0 Å². The van der Waals surface area contributed by atoms with Crippen molar-refractivity contribution in [2.45, 2.75) is 65.1 Å². The van der Waals surface area contributed by atoms with Gasteiger partial charge >= 0.3 is 0 Å². The van der Waals surface area contributed by atoms with Gasteiger partial charge in [0.1, 0.15) is 13.8 Å². The Balaban J connectivity index is 2.26. The first-order valence-electron chi connectivity index (χ1n) is 8.62.